The minimum absolute atomic E-state index is 0.193. The highest BCUT2D eigenvalue weighted by Gasteiger charge is 2.31. The van der Waals surface area contributed by atoms with Crippen LogP contribution in [0.25, 0.3) is 0 Å². The predicted molar refractivity (Wildman–Crippen MR) is 56.3 cm³/mol. The molecule has 4 heteroatoms. The lowest BCUT2D eigenvalue weighted by atomic mass is 10.1. The summed E-state index contributed by atoms with van der Waals surface area (Å²) in [6.07, 6.45) is 2.03. The Bertz CT molecular complexity index is 206. The normalized spacial score (nSPS) is 34.1. The standard InChI is InChI=1S/C9H14ClNOS/c10-8-1-3-11(5-8)9(12)7-2-4-13-6-7/h7-8H,1-6H2. The summed E-state index contributed by atoms with van der Waals surface area (Å²) < 4.78 is 0. The summed E-state index contributed by atoms with van der Waals surface area (Å²) >= 11 is 7.85. The number of thioether (sulfide) groups is 1. The fourth-order valence-electron chi connectivity index (χ4n) is 1.91. The maximum atomic E-state index is 11.8. The van der Waals surface area contributed by atoms with Gasteiger partial charge in [0.2, 0.25) is 5.91 Å². The Morgan fingerprint density at radius 2 is 2.31 bits per heavy atom. The SMILES string of the molecule is O=C(C1CCSC1)N1CCC(Cl)C1. The molecule has 1 amide bonds. The molecule has 2 nitrogen and oxygen atoms in total. The van der Waals surface area contributed by atoms with E-state index < -0.39 is 0 Å². The minimum Gasteiger partial charge on any atom is -0.341 e. The number of hydrogen-bond donors (Lipinski definition) is 0. The topological polar surface area (TPSA) is 20.3 Å². The molecule has 0 aliphatic carbocycles. The van der Waals surface area contributed by atoms with Gasteiger partial charge in [0.05, 0.1) is 5.38 Å². The molecule has 74 valence electrons. The molecule has 2 aliphatic heterocycles. The summed E-state index contributed by atoms with van der Waals surface area (Å²) in [5.74, 6) is 2.79. The number of alkyl halides is 1. The summed E-state index contributed by atoms with van der Waals surface area (Å²) in [5.41, 5.74) is 0. The lowest BCUT2D eigenvalue weighted by Crippen LogP contribution is -2.34. The predicted octanol–water partition coefficient (Wildman–Crippen LogP) is 1.58. The Balaban J connectivity index is 1.89. The summed E-state index contributed by atoms with van der Waals surface area (Å²) in [5, 5.41) is 0.193. The van der Waals surface area contributed by atoms with E-state index >= 15 is 0 Å². The molecule has 0 saturated carbocycles. The van der Waals surface area contributed by atoms with Crippen LogP contribution < -0.4 is 0 Å². The number of rotatable bonds is 1. The van der Waals surface area contributed by atoms with E-state index in [0.29, 0.717) is 5.91 Å². The maximum Gasteiger partial charge on any atom is 0.226 e. The maximum absolute atomic E-state index is 11.8. The molecule has 0 spiro atoms. The molecule has 0 aromatic rings. The second-order valence-corrected chi connectivity index (χ2v) is 5.50. The first-order valence-corrected chi connectivity index (χ1v) is 6.37. The van der Waals surface area contributed by atoms with E-state index in [-0.39, 0.29) is 11.3 Å². The zero-order chi connectivity index (χ0) is 9.26. The van der Waals surface area contributed by atoms with Gasteiger partial charge in [-0.05, 0) is 18.6 Å². The van der Waals surface area contributed by atoms with Gasteiger partial charge < -0.3 is 4.90 Å². The monoisotopic (exact) mass is 219 g/mol. The summed E-state index contributed by atoms with van der Waals surface area (Å²) in [7, 11) is 0. The summed E-state index contributed by atoms with van der Waals surface area (Å²) in [4.78, 5) is 13.8. The van der Waals surface area contributed by atoms with Gasteiger partial charge in [0.1, 0.15) is 0 Å². The molecule has 0 bridgehead atoms. The average Bonchev–Trinajstić information content (AvgIpc) is 2.72. The Hall–Kier alpha value is 0.110. The van der Waals surface area contributed by atoms with Crippen molar-refractivity contribution >= 4 is 29.3 Å². The highest BCUT2D eigenvalue weighted by molar-refractivity contribution is 7.99. The van der Waals surface area contributed by atoms with Crippen molar-refractivity contribution in [3.63, 3.8) is 0 Å². The Morgan fingerprint density at radius 1 is 1.46 bits per heavy atom. The molecular formula is C9H14ClNOS. The van der Waals surface area contributed by atoms with Crippen LogP contribution in [-0.4, -0.2) is 40.8 Å². The van der Waals surface area contributed by atoms with Crippen LogP contribution in [-0.2, 0) is 4.79 Å². The fourth-order valence-corrected chi connectivity index (χ4v) is 3.38. The van der Waals surface area contributed by atoms with E-state index in [2.05, 4.69) is 0 Å². The Kier molecular flexibility index (Phi) is 3.04. The minimum atomic E-state index is 0.193. The number of hydrogen-bond acceptors (Lipinski definition) is 2. The van der Waals surface area contributed by atoms with Crippen molar-refractivity contribution in [3.05, 3.63) is 0 Å². The van der Waals surface area contributed by atoms with E-state index in [1.807, 2.05) is 16.7 Å². The zero-order valence-electron chi connectivity index (χ0n) is 7.54. The van der Waals surface area contributed by atoms with Gasteiger partial charge in [-0.2, -0.15) is 11.8 Å². The van der Waals surface area contributed by atoms with Crippen molar-refractivity contribution in [1.29, 1.82) is 0 Å². The van der Waals surface area contributed by atoms with Crippen LogP contribution >= 0.6 is 23.4 Å². The number of likely N-dealkylation sites (tertiary alicyclic amines) is 1. The van der Waals surface area contributed by atoms with Gasteiger partial charge in [-0.1, -0.05) is 0 Å². The molecule has 0 radical (unpaired) electrons. The van der Waals surface area contributed by atoms with Gasteiger partial charge in [-0.15, -0.1) is 11.6 Å². The molecule has 0 N–H and O–H groups in total. The molecule has 13 heavy (non-hydrogen) atoms. The van der Waals surface area contributed by atoms with Gasteiger partial charge in [0.15, 0.2) is 0 Å². The molecule has 2 unspecified atom stereocenters. The third-order valence-electron chi connectivity index (χ3n) is 2.72. The fraction of sp³-hybridized carbons (Fsp3) is 0.889. The van der Waals surface area contributed by atoms with Gasteiger partial charge in [-0.3, -0.25) is 4.79 Å². The molecule has 2 heterocycles. The van der Waals surface area contributed by atoms with Crippen molar-refractivity contribution in [2.45, 2.75) is 18.2 Å². The highest BCUT2D eigenvalue weighted by Crippen LogP contribution is 2.27. The van der Waals surface area contributed by atoms with Crippen molar-refractivity contribution in [1.82, 2.24) is 4.90 Å². The van der Waals surface area contributed by atoms with Crippen LogP contribution in [0.3, 0.4) is 0 Å². The Labute approximate surface area is 88.0 Å². The van der Waals surface area contributed by atoms with E-state index in [0.717, 1.165) is 37.4 Å². The van der Waals surface area contributed by atoms with Crippen LogP contribution in [0.5, 0.6) is 0 Å². The second-order valence-electron chi connectivity index (χ2n) is 3.73. The number of carbonyl (C=O) groups excluding carboxylic acids is 1. The number of nitrogens with zero attached hydrogens (tertiary/aromatic N) is 1. The molecular weight excluding hydrogens is 206 g/mol. The lowest BCUT2D eigenvalue weighted by Gasteiger charge is -2.19. The molecule has 2 atom stereocenters. The van der Waals surface area contributed by atoms with E-state index in [4.69, 9.17) is 11.6 Å². The molecule has 2 aliphatic rings. The molecule has 2 saturated heterocycles. The molecule has 0 aromatic carbocycles. The van der Waals surface area contributed by atoms with Crippen LogP contribution in [0.1, 0.15) is 12.8 Å². The number of carbonyl (C=O) groups is 1. The first-order chi connectivity index (χ1) is 6.27. The third kappa shape index (κ3) is 2.13. The molecule has 0 aromatic heterocycles. The second kappa shape index (κ2) is 4.09. The van der Waals surface area contributed by atoms with E-state index in [1.165, 1.54) is 0 Å². The van der Waals surface area contributed by atoms with Gasteiger partial charge in [0, 0.05) is 24.8 Å². The largest absolute Gasteiger partial charge is 0.341 e. The van der Waals surface area contributed by atoms with Gasteiger partial charge >= 0.3 is 0 Å². The van der Waals surface area contributed by atoms with Crippen molar-refractivity contribution in [2.24, 2.45) is 5.92 Å². The number of amides is 1. The number of halogens is 1. The first-order valence-electron chi connectivity index (χ1n) is 4.78. The van der Waals surface area contributed by atoms with E-state index in [9.17, 15) is 4.79 Å². The van der Waals surface area contributed by atoms with Crippen molar-refractivity contribution in [3.8, 4) is 0 Å². The summed E-state index contributed by atoms with van der Waals surface area (Å²) in [6.45, 7) is 1.63. The molecule has 2 rings (SSSR count). The van der Waals surface area contributed by atoms with Crippen LogP contribution in [0.15, 0.2) is 0 Å². The molecule has 2 fully saturated rings. The Morgan fingerprint density at radius 3 is 2.85 bits per heavy atom. The van der Waals surface area contributed by atoms with Crippen molar-refractivity contribution in [2.75, 3.05) is 24.6 Å². The average molecular weight is 220 g/mol. The van der Waals surface area contributed by atoms with Crippen LogP contribution in [0.4, 0.5) is 0 Å². The van der Waals surface area contributed by atoms with Crippen molar-refractivity contribution < 1.29 is 4.79 Å². The van der Waals surface area contributed by atoms with Gasteiger partial charge in [-0.25, -0.2) is 0 Å². The van der Waals surface area contributed by atoms with Gasteiger partial charge in [0.25, 0.3) is 0 Å². The smallest absolute Gasteiger partial charge is 0.226 e. The van der Waals surface area contributed by atoms with E-state index in [1.54, 1.807) is 0 Å². The first kappa shape index (κ1) is 9.66. The highest BCUT2D eigenvalue weighted by atomic mass is 35.5. The van der Waals surface area contributed by atoms with Crippen LogP contribution in [0, 0.1) is 5.92 Å². The third-order valence-corrected chi connectivity index (χ3v) is 4.24. The zero-order valence-corrected chi connectivity index (χ0v) is 9.11. The lowest BCUT2D eigenvalue weighted by molar-refractivity contribution is -0.133. The van der Waals surface area contributed by atoms with Crippen LogP contribution in [0.2, 0.25) is 0 Å². The summed E-state index contributed by atoms with van der Waals surface area (Å²) in [6, 6.07) is 0. The quantitative estimate of drug-likeness (QED) is 0.625.